The third-order valence-electron chi connectivity index (χ3n) is 9.26. The van der Waals surface area contributed by atoms with Crippen LogP contribution in [0.5, 0.6) is 0 Å². The number of anilines is 4. The van der Waals surface area contributed by atoms with Crippen molar-refractivity contribution >= 4 is 52.0 Å². The second-order valence-electron chi connectivity index (χ2n) is 16.1. The number of carbonyl (C=O) groups excluding carboxylic acids is 3. The van der Waals surface area contributed by atoms with Gasteiger partial charge in [-0.15, -0.1) is 0 Å². The van der Waals surface area contributed by atoms with Gasteiger partial charge >= 0.3 is 12.2 Å². The molecule has 2 amide bonds. The summed E-state index contributed by atoms with van der Waals surface area (Å²) in [7, 11) is 3.59. The molecule has 6 rings (SSSR count). The van der Waals surface area contributed by atoms with Crippen molar-refractivity contribution in [2.24, 2.45) is 0 Å². The van der Waals surface area contributed by atoms with E-state index in [0.29, 0.717) is 47.2 Å². The van der Waals surface area contributed by atoms with Crippen LogP contribution in [0.3, 0.4) is 0 Å². The number of likely N-dealkylation sites (N-methyl/N-ethyl adjacent to an activating group) is 2. The van der Waals surface area contributed by atoms with Crippen LogP contribution in [0, 0.1) is 6.92 Å². The van der Waals surface area contributed by atoms with Gasteiger partial charge in [-0.2, -0.15) is 9.78 Å². The SMILES string of the molecule is C=CC(=O)Nc1cc(Nc2ncc(-c3cnn(C(=O)OC(C)(C)C)c3)c(-c3cn4c5c(cccc35)CCC4)n2)c(C)cc1N(C)CCN(C)C(=O)OC(C)(C)C. The van der Waals surface area contributed by atoms with Gasteiger partial charge in [-0.1, -0.05) is 24.8 Å². The smallest absolute Gasteiger partial charge is 0.435 e. The first kappa shape index (κ1) is 39.5. The Bertz CT molecular complexity index is 2310. The monoisotopic (exact) mass is 761 g/mol. The molecule has 3 aromatic heterocycles. The van der Waals surface area contributed by atoms with Gasteiger partial charge in [0.25, 0.3) is 0 Å². The summed E-state index contributed by atoms with van der Waals surface area (Å²) in [4.78, 5) is 51.5. The number of nitrogens with one attached hydrogen (secondary N) is 2. The number of hydrogen-bond donors (Lipinski definition) is 2. The van der Waals surface area contributed by atoms with Crippen LogP contribution in [0.4, 0.5) is 32.6 Å². The third kappa shape index (κ3) is 8.85. The van der Waals surface area contributed by atoms with Crippen molar-refractivity contribution in [3.63, 3.8) is 0 Å². The molecule has 0 aliphatic carbocycles. The molecule has 0 atom stereocenters. The molecule has 4 heterocycles. The molecule has 56 heavy (non-hydrogen) atoms. The van der Waals surface area contributed by atoms with Crippen molar-refractivity contribution in [3.8, 4) is 22.4 Å². The summed E-state index contributed by atoms with van der Waals surface area (Å²) in [6.07, 6.45) is 9.37. The maximum atomic E-state index is 12.9. The predicted octanol–water partition coefficient (Wildman–Crippen LogP) is 8.17. The van der Waals surface area contributed by atoms with Gasteiger partial charge in [-0.05, 0) is 90.6 Å². The Labute approximate surface area is 327 Å². The lowest BCUT2D eigenvalue weighted by Crippen LogP contribution is -2.38. The van der Waals surface area contributed by atoms with Gasteiger partial charge in [-0.3, -0.25) is 4.79 Å². The van der Waals surface area contributed by atoms with Crippen molar-refractivity contribution in [2.45, 2.75) is 79.1 Å². The van der Waals surface area contributed by atoms with Gasteiger partial charge in [0.15, 0.2) is 0 Å². The molecule has 294 valence electrons. The minimum atomic E-state index is -0.685. The van der Waals surface area contributed by atoms with Gasteiger partial charge in [-0.25, -0.2) is 19.6 Å². The first-order valence-electron chi connectivity index (χ1n) is 18.7. The normalized spacial score (nSPS) is 12.6. The average molecular weight is 762 g/mol. The quantitative estimate of drug-likeness (QED) is 0.134. The summed E-state index contributed by atoms with van der Waals surface area (Å²) in [5.74, 6) is -0.0392. The van der Waals surface area contributed by atoms with Crippen molar-refractivity contribution in [1.29, 1.82) is 0 Å². The molecule has 1 aliphatic heterocycles. The standard InChI is InChI=1S/C42H51N9O5/c1-11-35(52)45-33-21-32(26(2)20-34(33)48(9)18-19-49(10)39(53)55-41(3,4)5)46-38-43-23-30(28-22-44-51(24-28)40(54)56-42(6,7)8)36(47-38)31-25-50-17-13-15-27-14-12-16-29(31)37(27)50/h11-12,14,16,20-25H,1,13,15,17-19H2,2-10H3,(H,45,52)(H,43,46,47). The molecule has 14 nitrogen and oxygen atoms in total. The molecular weight excluding hydrogens is 711 g/mol. The topological polar surface area (TPSA) is 149 Å². The van der Waals surface area contributed by atoms with Crippen LogP contribution in [0.15, 0.2) is 67.8 Å². The van der Waals surface area contributed by atoms with E-state index in [2.05, 4.69) is 51.3 Å². The first-order valence-corrected chi connectivity index (χ1v) is 18.7. The highest BCUT2D eigenvalue weighted by atomic mass is 16.6. The van der Waals surface area contributed by atoms with Crippen molar-refractivity contribution in [1.82, 2.24) is 29.2 Å². The molecule has 0 radical (unpaired) electrons. The van der Waals surface area contributed by atoms with E-state index in [9.17, 15) is 14.4 Å². The Morgan fingerprint density at radius 1 is 0.964 bits per heavy atom. The van der Waals surface area contributed by atoms with Crippen LogP contribution in [0.2, 0.25) is 0 Å². The highest BCUT2D eigenvalue weighted by Crippen LogP contribution is 2.40. The number of ether oxygens (including phenoxy) is 2. The Balaban J connectivity index is 1.37. The van der Waals surface area contributed by atoms with Crippen LogP contribution in [-0.4, -0.2) is 85.7 Å². The highest BCUT2D eigenvalue weighted by Gasteiger charge is 2.25. The van der Waals surface area contributed by atoms with Crippen LogP contribution >= 0.6 is 0 Å². The Morgan fingerprint density at radius 2 is 1.71 bits per heavy atom. The summed E-state index contributed by atoms with van der Waals surface area (Å²) in [5.41, 5.74) is 6.94. The first-order chi connectivity index (χ1) is 26.4. The van der Waals surface area contributed by atoms with Gasteiger partial charge < -0.3 is 34.5 Å². The lowest BCUT2D eigenvalue weighted by Gasteiger charge is -2.28. The molecule has 0 saturated carbocycles. The summed E-state index contributed by atoms with van der Waals surface area (Å²) >= 11 is 0. The minimum Gasteiger partial charge on any atom is -0.444 e. The van der Waals surface area contributed by atoms with Crippen molar-refractivity contribution in [2.75, 3.05) is 42.7 Å². The highest BCUT2D eigenvalue weighted by molar-refractivity contribution is 6.02. The molecule has 2 aromatic carbocycles. The number of carbonyl (C=O) groups is 3. The van der Waals surface area contributed by atoms with Gasteiger partial charge in [0.05, 0.1) is 28.8 Å². The Kier molecular flexibility index (Phi) is 10.9. The Hall–Kier alpha value is -6.18. The van der Waals surface area contributed by atoms with Crippen LogP contribution in [0.25, 0.3) is 33.3 Å². The van der Waals surface area contributed by atoms with E-state index in [0.717, 1.165) is 41.6 Å². The van der Waals surface area contributed by atoms with E-state index in [1.165, 1.54) is 26.7 Å². The second kappa shape index (κ2) is 15.5. The number of aryl methyl sites for hydroxylation is 3. The van der Waals surface area contributed by atoms with Crippen LogP contribution < -0.4 is 15.5 Å². The number of para-hydroxylation sites is 1. The number of hydrogen-bond acceptors (Lipinski definition) is 10. The lowest BCUT2D eigenvalue weighted by molar-refractivity contribution is -0.111. The van der Waals surface area contributed by atoms with E-state index in [1.54, 1.807) is 46.4 Å². The summed E-state index contributed by atoms with van der Waals surface area (Å²) in [6.45, 7) is 18.2. The maximum absolute atomic E-state index is 12.9. The van der Waals surface area contributed by atoms with E-state index >= 15 is 0 Å². The summed E-state index contributed by atoms with van der Waals surface area (Å²) < 4.78 is 14.5. The zero-order valence-corrected chi connectivity index (χ0v) is 33.7. The average Bonchev–Trinajstić information content (AvgIpc) is 3.77. The number of aromatic nitrogens is 5. The molecule has 0 fully saturated rings. The number of nitrogens with zero attached hydrogens (tertiary/aromatic N) is 7. The molecule has 0 spiro atoms. The minimum absolute atomic E-state index is 0.333. The molecule has 1 aliphatic rings. The summed E-state index contributed by atoms with van der Waals surface area (Å²) in [5, 5.41) is 11.7. The fraction of sp³-hybridized carbons (Fsp3) is 0.381. The second-order valence-corrected chi connectivity index (χ2v) is 16.1. The molecule has 0 saturated heterocycles. The Morgan fingerprint density at radius 3 is 2.43 bits per heavy atom. The molecule has 5 aromatic rings. The van der Waals surface area contributed by atoms with Gasteiger partial charge in [0, 0.05) is 80.1 Å². The van der Waals surface area contributed by atoms with E-state index in [1.807, 2.05) is 51.8 Å². The van der Waals surface area contributed by atoms with E-state index in [4.69, 9.17) is 19.4 Å². The number of rotatable bonds is 10. The van der Waals surface area contributed by atoms with Gasteiger partial charge in [0.2, 0.25) is 11.9 Å². The van der Waals surface area contributed by atoms with Crippen molar-refractivity contribution < 1.29 is 23.9 Å². The number of benzene rings is 2. The number of amides is 2. The lowest BCUT2D eigenvalue weighted by atomic mass is 9.99. The van der Waals surface area contributed by atoms with Gasteiger partial charge in [0.1, 0.15) is 11.2 Å². The molecule has 0 bridgehead atoms. The molecule has 2 N–H and O–H groups in total. The van der Waals surface area contributed by atoms with E-state index in [-0.39, 0.29) is 5.91 Å². The molecule has 0 unspecified atom stereocenters. The van der Waals surface area contributed by atoms with E-state index < -0.39 is 23.4 Å². The zero-order valence-electron chi connectivity index (χ0n) is 33.7. The molecule has 14 heteroatoms. The van der Waals surface area contributed by atoms with Crippen LogP contribution in [-0.2, 0) is 27.2 Å². The summed E-state index contributed by atoms with van der Waals surface area (Å²) in [6, 6.07) is 10.2. The maximum Gasteiger partial charge on any atom is 0.435 e. The van der Waals surface area contributed by atoms with Crippen molar-refractivity contribution in [3.05, 3.63) is 78.9 Å². The fourth-order valence-corrected chi connectivity index (χ4v) is 6.57. The predicted molar refractivity (Wildman–Crippen MR) is 220 cm³/mol. The third-order valence-corrected chi connectivity index (χ3v) is 9.26. The van der Waals surface area contributed by atoms with Crippen LogP contribution in [0.1, 0.15) is 59.1 Å². The zero-order chi connectivity index (χ0) is 40.5. The molecular formula is C42H51N9O5. The fourth-order valence-electron chi connectivity index (χ4n) is 6.57. The largest absolute Gasteiger partial charge is 0.444 e.